The van der Waals surface area contributed by atoms with E-state index in [9.17, 15) is 13.5 Å². The molecule has 0 aliphatic heterocycles. The summed E-state index contributed by atoms with van der Waals surface area (Å²) in [6.45, 7) is 0.457. The van der Waals surface area contributed by atoms with Gasteiger partial charge in [0.15, 0.2) is 0 Å². The summed E-state index contributed by atoms with van der Waals surface area (Å²) >= 11 is 6.49. The zero-order chi connectivity index (χ0) is 15.6. The Morgan fingerprint density at radius 3 is 2.38 bits per heavy atom. The molecule has 0 amide bonds. The molecular weight excluding hydrogens is 424 g/mol. The second-order valence-corrected chi connectivity index (χ2v) is 8.71. The predicted octanol–water partition coefficient (Wildman–Crippen LogP) is 2.48. The Kier molecular flexibility index (Phi) is 5.70. The van der Waals surface area contributed by atoms with Gasteiger partial charge in [0.1, 0.15) is 4.90 Å². The molecule has 2 unspecified atom stereocenters. The van der Waals surface area contributed by atoms with Crippen molar-refractivity contribution in [2.75, 3.05) is 18.9 Å². The van der Waals surface area contributed by atoms with Crippen molar-refractivity contribution in [2.45, 2.75) is 24.2 Å². The number of aliphatic hydroxyl groups is 1. The van der Waals surface area contributed by atoms with Crippen LogP contribution in [0.4, 0.5) is 5.69 Å². The second kappa shape index (κ2) is 6.95. The van der Waals surface area contributed by atoms with E-state index >= 15 is 0 Å². The summed E-state index contributed by atoms with van der Waals surface area (Å²) in [6.07, 6.45) is 2.93. The number of rotatable bonds is 5. The molecule has 0 heterocycles. The van der Waals surface area contributed by atoms with Crippen molar-refractivity contribution in [3.8, 4) is 0 Å². The number of benzene rings is 1. The fourth-order valence-electron chi connectivity index (χ4n) is 2.75. The minimum Gasteiger partial charge on any atom is -0.399 e. The molecule has 21 heavy (non-hydrogen) atoms. The monoisotopic (exact) mass is 440 g/mol. The first-order chi connectivity index (χ1) is 9.85. The van der Waals surface area contributed by atoms with Crippen molar-refractivity contribution in [2.24, 2.45) is 11.8 Å². The zero-order valence-electron chi connectivity index (χ0n) is 11.4. The number of nitrogens with two attached hydrogens (primary N) is 1. The number of anilines is 1. The van der Waals surface area contributed by atoms with Gasteiger partial charge in [-0.3, -0.25) is 0 Å². The fourth-order valence-corrected chi connectivity index (χ4v) is 6.46. The predicted molar refractivity (Wildman–Crippen MR) is 89.4 cm³/mol. The normalized spacial score (nSPS) is 22.6. The fraction of sp³-hybridized carbons (Fsp3) is 0.538. The van der Waals surface area contributed by atoms with Crippen molar-refractivity contribution in [1.29, 1.82) is 0 Å². The van der Waals surface area contributed by atoms with E-state index in [0.29, 0.717) is 21.2 Å². The van der Waals surface area contributed by atoms with Crippen LogP contribution in [0.5, 0.6) is 0 Å². The summed E-state index contributed by atoms with van der Waals surface area (Å²) < 4.78 is 28.4. The maximum Gasteiger partial charge on any atom is 0.242 e. The minimum atomic E-state index is -3.64. The average molecular weight is 442 g/mol. The third-order valence-electron chi connectivity index (χ3n) is 3.88. The van der Waals surface area contributed by atoms with E-state index in [1.165, 1.54) is 0 Å². The molecule has 0 spiro atoms. The van der Waals surface area contributed by atoms with Crippen LogP contribution in [0.25, 0.3) is 0 Å². The lowest BCUT2D eigenvalue weighted by Gasteiger charge is -2.18. The maximum absolute atomic E-state index is 12.5. The molecule has 0 bridgehead atoms. The molecule has 5 nitrogen and oxygen atoms in total. The standard InChI is InChI=1S/C13H18Br2N2O3S/c14-11-4-10(16)5-12(15)13(11)21(19,20)17-6-8-2-1-3-9(8)7-18/h4-5,8-9,17-18H,1-3,6-7,16H2. The van der Waals surface area contributed by atoms with Crippen LogP contribution in [0, 0.1) is 11.8 Å². The lowest BCUT2D eigenvalue weighted by atomic mass is 9.97. The molecule has 4 N–H and O–H groups in total. The highest BCUT2D eigenvalue weighted by Gasteiger charge is 2.29. The maximum atomic E-state index is 12.5. The smallest absolute Gasteiger partial charge is 0.242 e. The summed E-state index contributed by atoms with van der Waals surface area (Å²) in [7, 11) is -3.64. The van der Waals surface area contributed by atoms with Crippen LogP contribution in [0.3, 0.4) is 0 Å². The summed E-state index contributed by atoms with van der Waals surface area (Å²) in [5, 5.41) is 9.30. The molecule has 1 aliphatic rings. The molecule has 2 rings (SSSR count). The Balaban J connectivity index is 2.16. The van der Waals surface area contributed by atoms with E-state index in [-0.39, 0.29) is 23.3 Å². The Morgan fingerprint density at radius 1 is 1.24 bits per heavy atom. The van der Waals surface area contributed by atoms with Crippen molar-refractivity contribution >= 4 is 47.6 Å². The number of hydrogen-bond acceptors (Lipinski definition) is 4. The van der Waals surface area contributed by atoms with Crippen molar-refractivity contribution in [3.63, 3.8) is 0 Å². The SMILES string of the molecule is Nc1cc(Br)c(S(=O)(=O)NCC2CCCC2CO)c(Br)c1. The van der Waals surface area contributed by atoms with E-state index in [2.05, 4.69) is 36.6 Å². The molecule has 1 saturated carbocycles. The topological polar surface area (TPSA) is 92.4 Å². The van der Waals surface area contributed by atoms with Crippen molar-refractivity contribution < 1.29 is 13.5 Å². The van der Waals surface area contributed by atoms with Gasteiger partial charge >= 0.3 is 0 Å². The van der Waals surface area contributed by atoms with E-state index < -0.39 is 10.0 Å². The van der Waals surface area contributed by atoms with E-state index in [0.717, 1.165) is 19.3 Å². The lowest BCUT2D eigenvalue weighted by Crippen LogP contribution is -2.32. The van der Waals surface area contributed by atoms with Gasteiger partial charge < -0.3 is 10.8 Å². The molecule has 1 aromatic rings. The first-order valence-electron chi connectivity index (χ1n) is 6.70. The highest BCUT2D eigenvalue weighted by Crippen LogP contribution is 2.34. The van der Waals surface area contributed by atoms with Crippen LogP contribution in [0.1, 0.15) is 19.3 Å². The number of aliphatic hydroxyl groups excluding tert-OH is 1. The first kappa shape index (κ1) is 17.2. The Labute approximate surface area is 141 Å². The summed E-state index contributed by atoms with van der Waals surface area (Å²) in [4.78, 5) is 0.148. The highest BCUT2D eigenvalue weighted by atomic mass is 79.9. The third kappa shape index (κ3) is 3.98. The molecule has 1 fully saturated rings. The Morgan fingerprint density at radius 2 is 1.81 bits per heavy atom. The van der Waals surface area contributed by atoms with Gasteiger partial charge in [0.05, 0.1) is 0 Å². The number of halogens is 2. The largest absolute Gasteiger partial charge is 0.399 e. The summed E-state index contributed by atoms with van der Waals surface area (Å²) in [6, 6.07) is 3.12. The van der Waals surface area contributed by atoms with Gasteiger partial charge in [0.2, 0.25) is 10.0 Å². The Bertz CT molecular complexity index is 599. The molecule has 118 valence electrons. The minimum absolute atomic E-state index is 0.113. The van der Waals surface area contributed by atoms with E-state index in [1.807, 2.05) is 0 Å². The van der Waals surface area contributed by atoms with Gasteiger partial charge in [-0.15, -0.1) is 0 Å². The van der Waals surface area contributed by atoms with Crippen molar-refractivity contribution in [3.05, 3.63) is 21.1 Å². The number of hydrogen-bond donors (Lipinski definition) is 3. The number of nitrogen functional groups attached to an aromatic ring is 1. The van der Waals surface area contributed by atoms with Crippen LogP contribution in [0.15, 0.2) is 26.0 Å². The van der Waals surface area contributed by atoms with Gasteiger partial charge in [-0.25, -0.2) is 13.1 Å². The van der Waals surface area contributed by atoms with Gasteiger partial charge in [-0.2, -0.15) is 0 Å². The van der Waals surface area contributed by atoms with Gasteiger partial charge in [-0.1, -0.05) is 6.42 Å². The van der Waals surface area contributed by atoms with Crippen molar-refractivity contribution in [1.82, 2.24) is 4.72 Å². The molecule has 2 atom stereocenters. The molecule has 0 radical (unpaired) electrons. The van der Waals surface area contributed by atoms with Crippen LogP contribution in [-0.4, -0.2) is 26.7 Å². The quantitative estimate of drug-likeness (QED) is 0.612. The molecule has 1 aliphatic carbocycles. The van der Waals surface area contributed by atoms with Crippen LogP contribution >= 0.6 is 31.9 Å². The average Bonchev–Trinajstić information content (AvgIpc) is 2.82. The van der Waals surface area contributed by atoms with Crippen LogP contribution in [0.2, 0.25) is 0 Å². The molecule has 0 saturated heterocycles. The van der Waals surface area contributed by atoms with E-state index in [1.54, 1.807) is 12.1 Å². The molecule has 1 aromatic carbocycles. The zero-order valence-corrected chi connectivity index (χ0v) is 15.3. The third-order valence-corrected chi connectivity index (χ3v) is 7.18. The summed E-state index contributed by atoms with van der Waals surface area (Å²) in [5.41, 5.74) is 6.15. The first-order valence-corrected chi connectivity index (χ1v) is 9.77. The number of sulfonamides is 1. The number of nitrogens with one attached hydrogen (secondary N) is 1. The molecule has 0 aromatic heterocycles. The van der Waals surface area contributed by atoms with Gasteiger partial charge in [-0.05, 0) is 68.7 Å². The van der Waals surface area contributed by atoms with Gasteiger partial charge in [0, 0.05) is 27.8 Å². The second-order valence-electron chi connectivity index (χ2n) is 5.30. The highest BCUT2D eigenvalue weighted by molar-refractivity contribution is 9.11. The Hall–Kier alpha value is -0.150. The molecular formula is C13H18Br2N2O3S. The lowest BCUT2D eigenvalue weighted by molar-refractivity contribution is 0.195. The molecule has 8 heteroatoms. The van der Waals surface area contributed by atoms with Crippen LogP contribution in [-0.2, 0) is 10.0 Å². The van der Waals surface area contributed by atoms with Gasteiger partial charge in [0.25, 0.3) is 0 Å². The van der Waals surface area contributed by atoms with Crippen LogP contribution < -0.4 is 10.5 Å². The summed E-state index contributed by atoms with van der Waals surface area (Å²) in [5.74, 6) is 0.377. The van der Waals surface area contributed by atoms with E-state index in [4.69, 9.17) is 5.73 Å².